The molecule has 1 heterocycles. The Morgan fingerprint density at radius 3 is 2.30 bits per heavy atom. The summed E-state index contributed by atoms with van der Waals surface area (Å²) in [5, 5.41) is 18.9. The van der Waals surface area contributed by atoms with Crippen LogP contribution < -0.4 is 5.32 Å². The molecule has 0 fully saturated rings. The third-order valence-corrected chi connectivity index (χ3v) is 2.77. The summed E-state index contributed by atoms with van der Waals surface area (Å²) in [6, 6.07) is 3.36. The van der Waals surface area contributed by atoms with Crippen molar-refractivity contribution < 1.29 is 14.7 Å². The normalized spacial score (nSPS) is 10.1. The van der Waals surface area contributed by atoms with Gasteiger partial charge in [0.15, 0.2) is 0 Å². The van der Waals surface area contributed by atoms with Crippen LogP contribution in [0.3, 0.4) is 0 Å². The van der Waals surface area contributed by atoms with Gasteiger partial charge in [-0.2, -0.15) is 5.10 Å². The molecule has 0 saturated carbocycles. The molecule has 0 bridgehead atoms. The highest BCUT2D eigenvalue weighted by Gasteiger charge is 2.21. The Morgan fingerprint density at radius 1 is 1.10 bits per heavy atom. The number of aryl methyl sites for hydroxylation is 2. The molecule has 1 amide bonds. The van der Waals surface area contributed by atoms with Crippen molar-refractivity contribution >= 4 is 17.8 Å². The van der Waals surface area contributed by atoms with E-state index in [2.05, 4.69) is 20.5 Å². The molecule has 0 saturated heterocycles. The summed E-state index contributed by atoms with van der Waals surface area (Å²) in [6.45, 7) is 3.31. The molecule has 7 heteroatoms. The molecule has 0 aliphatic heterocycles. The molecule has 2 aromatic rings. The van der Waals surface area contributed by atoms with Crippen molar-refractivity contribution in [3.8, 4) is 0 Å². The SMILES string of the molecule is Cc1ccc(C)c(C(=O)Nc2nccnn2)c1C(=O)O. The fraction of sp³-hybridized carbons (Fsp3) is 0.154. The highest BCUT2D eigenvalue weighted by Crippen LogP contribution is 2.19. The maximum Gasteiger partial charge on any atom is 0.336 e. The molecule has 2 N–H and O–H groups in total. The van der Waals surface area contributed by atoms with Gasteiger partial charge in [0.05, 0.1) is 23.5 Å². The van der Waals surface area contributed by atoms with Crippen LogP contribution in [0.25, 0.3) is 0 Å². The second-order valence-electron chi connectivity index (χ2n) is 4.17. The molecule has 1 aromatic carbocycles. The number of benzene rings is 1. The van der Waals surface area contributed by atoms with E-state index in [-0.39, 0.29) is 17.1 Å². The van der Waals surface area contributed by atoms with E-state index < -0.39 is 11.9 Å². The fourth-order valence-corrected chi connectivity index (χ4v) is 1.85. The minimum Gasteiger partial charge on any atom is -0.478 e. The van der Waals surface area contributed by atoms with E-state index in [4.69, 9.17) is 0 Å². The summed E-state index contributed by atoms with van der Waals surface area (Å²) in [5.74, 6) is -1.70. The summed E-state index contributed by atoms with van der Waals surface area (Å²) < 4.78 is 0. The molecule has 0 aliphatic carbocycles. The lowest BCUT2D eigenvalue weighted by atomic mass is 9.96. The van der Waals surface area contributed by atoms with Gasteiger partial charge in [-0.25, -0.2) is 9.78 Å². The van der Waals surface area contributed by atoms with Gasteiger partial charge in [-0.1, -0.05) is 12.1 Å². The number of aromatic carboxylic acids is 1. The standard InChI is InChI=1S/C13H12N4O3/c1-7-3-4-8(2)10(12(19)20)9(7)11(18)16-13-14-5-6-15-17-13/h3-6H,1-2H3,(H,19,20)(H,14,16,17,18). The molecular formula is C13H12N4O3. The van der Waals surface area contributed by atoms with Gasteiger partial charge in [0.25, 0.3) is 5.91 Å². The monoisotopic (exact) mass is 272 g/mol. The predicted octanol–water partition coefficient (Wildman–Crippen LogP) is 1.44. The largest absolute Gasteiger partial charge is 0.478 e. The van der Waals surface area contributed by atoms with Gasteiger partial charge < -0.3 is 5.11 Å². The van der Waals surface area contributed by atoms with E-state index in [9.17, 15) is 14.7 Å². The van der Waals surface area contributed by atoms with Gasteiger partial charge in [-0.3, -0.25) is 10.1 Å². The smallest absolute Gasteiger partial charge is 0.336 e. The van der Waals surface area contributed by atoms with Crippen LogP contribution in [-0.2, 0) is 0 Å². The average Bonchev–Trinajstić information content (AvgIpc) is 2.41. The third-order valence-electron chi connectivity index (χ3n) is 2.77. The van der Waals surface area contributed by atoms with Crippen molar-refractivity contribution in [1.82, 2.24) is 15.2 Å². The number of anilines is 1. The van der Waals surface area contributed by atoms with Gasteiger partial charge in [0, 0.05) is 0 Å². The van der Waals surface area contributed by atoms with Crippen molar-refractivity contribution in [3.63, 3.8) is 0 Å². The van der Waals surface area contributed by atoms with Crippen LogP contribution in [-0.4, -0.2) is 32.2 Å². The zero-order valence-corrected chi connectivity index (χ0v) is 10.9. The minimum absolute atomic E-state index is 0.0219. The summed E-state index contributed by atoms with van der Waals surface area (Å²) in [6.07, 6.45) is 2.75. The first-order valence-electron chi connectivity index (χ1n) is 5.79. The first-order valence-corrected chi connectivity index (χ1v) is 5.79. The van der Waals surface area contributed by atoms with Gasteiger partial charge >= 0.3 is 5.97 Å². The third kappa shape index (κ3) is 2.61. The maximum atomic E-state index is 12.2. The van der Waals surface area contributed by atoms with Gasteiger partial charge in [-0.05, 0) is 25.0 Å². The number of amides is 1. The van der Waals surface area contributed by atoms with E-state index in [0.717, 1.165) is 0 Å². The Morgan fingerprint density at radius 2 is 1.75 bits per heavy atom. The summed E-state index contributed by atoms with van der Waals surface area (Å²) >= 11 is 0. The van der Waals surface area contributed by atoms with Gasteiger partial charge in [0.2, 0.25) is 5.95 Å². The number of aromatic nitrogens is 3. The van der Waals surface area contributed by atoms with Crippen molar-refractivity contribution in [1.29, 1.82) is 0 Å². The number of rotatable bonds is 3. The molecular weight excluding hydrogens is 260 g/mol. The van der Waals surface area contributed by atoms with Crippen molar-refractivity contribution in [2.45, 2.75) is 13.8 Å². The number of carboxylic acid groups (broad SMARTS) is 1. The van der Waals surface area contributed by atoms with Crippen molar-refractivity contribution in [3.05, 3.63) is 46.8 Å². The Kier molecular flexibility index (Phi) is 3.69. The highest BCUT2D eigenvalue weighted by molar-refractivity contribution is 6.11. The van der Waals surface area contributed by atoms with Crippen LogP contribution in [0.15, 0.2) is 24.5 Å². The van der Waals surface area contributed by atoms with E-state index in [1.54, 1.807) is 26.0 Å². The highest BCUT2D eigenvalue weighted by atomic mass is 16.4. The summed E-state index contributed by atoms with van der Waals surface area (Å²) in [5.41, 5.74) is 1.16. The molecule has 1 aromatic heterocycles. The second-order valence-corrected chi connectivity index (χ2v) is 4.17. The van der Waals surface area contributed by atoms with Crippen LogP contribution in [0.2, 0.25) is 0 Å². The Labute approximate surface area is 114 Å². The fourth-order valence-electron chi connectivity index (χ4n) is 1.85. The number of carbonyl (C=O) groups is 2. The molecule has 0 radical (unpaired) electrons. The molecule has 0 unspecified atom stereocenters. The number of nitrogens with zero attached hydrogens (tertiary/aromatic N) is 3. The molecule has 102 valence electrons. The lowest BCUT2D eigenvalue weighted by molar-refractivity contribution is 0.0691. The number of hydrogen-bond donors (Lipinski definition) is 2. The van der Waals surface area contributed by atoms with Gasteiger partial charge in [-0.15, -0.1) is 5.10 Å². The molecule has 0 atom stereocenters. The van der Waals surface area contributed by atoms with Crippen LogP contribution in [0.4, 0.5) is 5.95 Å². The van der Waals surface area contributed by atoms with Crippen LogP contribution in [0, 0.1) is 13.8 Å². The van der Waals surface area contributed by atoms with E-state index >= 15 is 0 Å². The predicted molar refractivity (Wildman–Crippen MR) is 70.7 cm³/mol. The molecule has 7 nitrogen and oxygen atoms in total. The zero-order chi connectivity index (χ0) is 14.7. The number of hydrogen-bond acceptors (Lipinski definition) is 5. The Hall–Kier alpha value is -2.83. The summed E-state index contributed by atoms with van der Waals surface area (Å²) in [7, 11) is 0. The van der Waals surface area contributed by atoms with Crippen molar-refractivity contribution in [2.75, 3.05) is 5.32 Å². The van der Waals surface area contributed by atoms with Crippen molar-refractivity contribution in [2.24, 2.45) is 0 Å². The minimum atomic E-state index is -1.15. The van der Waals surface area contributed by atoms with Gasteiger partial charge in [0.1, 0.15) is 0 Å². The average molecular weight is 272 g/mol. The van der Waals surface area contributed by atoms with Crippen LogP contribution in [0.1, 0.15) is 31.8 Å². The zero-order valence-electron chi connectivity index (χ0n) is 10.9. The molecule has 20 heavy (non-hydrogen) atoms. The number of nitrogens with one attached hydrogen (secondary N) is 1. The van der Waals surface area contributed by atoms with Crippen LogP contribution in [0.5, 0.6) is 0 Å². The van der Waals surface area contributed by atoms with E-state index in [1.807, 2.05) is 0 Å². The Balaban J connectivity index is 2.44. The molecule has 0 spiro atoms. The second kappa shape index (κ2) is 5.43. The maximum absolute atomic E-state index is 12.2. The number of carboxylic acids is 1. The molecule has 0 aliphatic rings. The van der Waals surface area contributed by atoms with E-state index in [1.165, 1.54) is 12.4 Å². The Bertz CT molecular complexity index is 671. The lowest BCUT2D eigenvalue weighted by Crippen LogP contribution is -2.20. The first-order chi connectivity index (χ1) is 9.50. The lowest BCUT2D eigenvalue weighted by Gasteiger charge is -2.11. The quantitative estimate of drug-likeness (QED) is 0.875. The topological polar surface area (TPSA) is 105 Å². The molecule has 2 rings (SSSR count). The number of carbonyl (C=O) groups excluding carboxylic acids is 1. The first kappa shape index (κ1) is 13.6. The van der Waals surface area contributed by atoms with Crippen LogP contribution >= 0.6 is 0 Å². The van der Waals surface area contributed by atoms with E-state index in [0.29, 0.717) is 11.1 Å². The summed E-state index contributed by atoms with van der Waals surface area (Å²) in [4.78, 5) is 27.4.